The zero-order chi connectivity index (χ0) is 23.8. The normalized spacial score (nSPS) is 21.7. The molecule has 0 radical (unpaired) electrons. The topological polar surface area (TPSA) is 59.0 Å². The highest BCUT2D eigenvalue weighted by atomic mass is 35.5. The van der Waals surface area contributed by atoms with Crippen LogP contribution >= 0.6 is 11.6 Å². The van der Waals surface area contributed by atoms with Crippen LogP contribution in [0, 0.1) is 5.92 Å². The molecule has 0 bridgehead atoms. The van der Waals surface area contributed by atoms with Crippen molar-refractivity contribution in [1.82, 2.24) is 0 Å². The molecule has 1 saturated carbocycles. The first-order chi connectivity index (χ1) is 16.5. The zero-order valence-corrected chi connectivity index (χ0v) is 19.8. The summed E-state index contributed by atoms with van der Waals surface area (Å²) in [6, 6.07) is 22.4. The van der Waals surface area contributed by atoms with Crippen molar-refractivity contribution in [3.63, 3.8) is 0 Å². The van der Waals surface area contributed by atoms with E-state index in [1.807, 2.05) is 72.8 Å². The molecule has 34 heavy (non-hydrogen) atoms. The molecule has 1 amide bonds. The minimum atomic E-state index is -0.520. The summed E-state index contributed by atoms with van der Waals surface area (Å²) >= 11 is 6.08. The number of carbonyl (C=O) groups excluding carboxylic acids is 2. The molecule has 2 aliphatic rings. The van der Waals surface area contributed by atoms with Gasteiger partial charge in [0.25, 0.3) is 0 Å². The number of nitrogens with zero attached hydrogens (tertiary/aromatic N) is 2. The predicted octanol–water partition coefficient (Wildman–Crippen LogP) is 6.29. The molecule has 1 fully saturated rings. The lowest BCUT2D eigenvalue weighted by Crippen LogP contribution is -2.45. The van der Waals surface area contributed by atoms with E-state index in [-0.39, 0.29) is 17.6 Å². The Morgan fingerprint density at radius 3 is 2.32 bits per heavy atom. The predicted molar refractivity (Wildman–Crippen MR) is 134 cm³/mol. The first-order valence-electron chi connectivity index (χ1n) is 11.3. The number of halogens is 1. The van der Waals surface area contributed by atoms with Crippen molar-refractivity contribution in [1.29, 1.82) is 0 Å². The second-order valence-corrected chi connectivity index (χ2v) is 9.24. The Kier molecular flexibility index (Phi) is 5.96. The van der Waals surface area contributed by atoms with Crippen LogP contribution in [0.1, 0.15) is 42.9 Å². The van der Waals surface area contributed by atoms with Gasteiger partial charge in [0.15, 0.2) is 0 Å². The molecular weight excluding hydrogens is 448 g/mol. The van der Waals surface area contributed by atoms with Crippen LogP contribution < -0.4 is 9.64 Å². The number of rotatable bonds is 3. The van der Waals surface area contributed by atoms with Gasteiger partial charge in [-0.25, -0.2) is 0 Å². The molecule has 1 heterocycles. The summed E-state index contributed by atoms with van der Waals surface area (Å²) in [5, 5.41) is 0.668. The molecule has 5 nitrogen and oxygen atoms in total. The molecule has 0 N–H and O–H groups in total. The van der Waals surface area contributed by atoms with Gasteiger partial charge in [0.1, 0.15) is 11.5 Å². The van der Waals surface area contributed by atoms with Crippen LogP contribution in [0.5, 0.6) is 5.75 Å². The fourth-order valence-electron chi connectivity index (χ4n) is 5.18. The van der Waals surface area contributed by atoms with Crippen molar-refractivity contribution >= 4 is 40.4 Å². The van der Waals surface area contributed by atoms with E-state index in [0.29, 0.717) is 29.2 Å². The van der Waals surface area contributed by atoms with E-state index in [1.54, 1.807) is 18.9 Å². The van der Waals surface area contributed by atoms with E-state index in [1.165, 1.54) is 0 Å². The van der Waals surface area contributed by atoms with Crippen LogP contribution in [0.3, 0.4) is 0 Å². The molecule has 0 aromatic heterocycles. The Balaban J connectivity index is 1.65. The smallest absolute Gasteiger partial charge is 0.224 e. The lowest BCUT2D eigenvalue weighted by Gasteiger charge is -2.38. The number of benzene rings is 3. The number of hydrogen-bond donors (Lipinski definition) is 0. The first kappa shape index (κ1) is 22.4. The van der Waals surface area contributed by atoms with E-state index in [2.05, 4.69) is 0 Å². The minimum absolute atomic E-state index is 0.0207. The summed E-state index contributed by atoms with van der Waals surface area (Å²) < 4.78 is 5.33. The molecule has 5 rings (SSSR count). The van der Waals surface area contributed by atoms with Crippen molar-refractivity contribution in [2.45, 2.75) is 31.7 Å². The van der Waals surface area contributed by atoms with Gasteiger partial charge in [-0.1, -0.05) is 48.0 Å². The number of para-hydroxylation sites is 2. The number of aliphatic imine (C=N–C) groups is 1. The molecule has 6 heteroatoms. The largest absolute Gasteiger partial charge is 0.497 e. The Hall–Kier alpha value is -3.44. The van der Waals surface area contributed by atoms with Crippen LogP contribution in [0.2, 0.25) is 5.02 Å². The first-order valence-corrected chi connectivity index (χ1v) is 11.7. The van der Waals surface area contributed by atoms with E-state index < -0.39 is 12.0 Å². The van der Waals surface area contributed by atoms with Crippen LogP contribution in [0.4, 0.5) is 11.4 Å². The summed E-state index contributed by atoms with van der Waals surface area (Å²) in [5.74, 6) is 0.182. The maximum Gasteiger partial charge on any atom is 0.224 e. The molecule has 3 atom stereocenters. The summed E-state index contributed by atoms with van der Waals surface area (Å²) in [6.45, 7) is 1.54. The standard InChI is InChI=1S/C28H25ClN2O3/c1-17(32)31-25-6-4-3-5-23(25)30-24-15-20(18-7-11-21(29)12-8-18)16-26(33)27(24)28(31)19-9-13-22(34-2)14-10-19/h3-14,20,27-28H,15-16H2,1-2H3. The lowest BCUT2D eigenvalue weighted by molar-refractivity contribution is -0.123. The third kappa shape index (κ3) is 4.01. The van der Waals surface area contributed by atoms with Gasteiger partial charge in [-0.2, -0.15) is 0 Å². The Labute approximate surface area is 204 Å². The molecule has 3 unspecified atom stereocenters. The number of methoxy groups -OCH3 is 1. The van der Waals surface area contributed by atoms with Gasteiger partial charge in [-0.15, -0.1) is 0 Å². The fourth-order valence-corrected chi connectivity index (χ4v) is 5.30. The molecule has 3 aromatic rings. The van der Waals surface area contributed by atoms with Crippen molar-refractivity contribution < 1.29 is 14.3 Å². The summed E-state index contributed by atoms with van der Waals surface area (Å²) in [4.78, 5) is 33.6. The quantitative estimate of drug-likeness (QED) is 0.450. The molecule has 1 aliphatic heterocycles. The molecule has 1 aliphatic carbocycles. The number of ether oxygens (including phenoxy) is 1. The SMILES string of the molecule is COc1ccc(C2C3C(=O)CC(c4ccc(Cl)cc4)CC3=Nc3ccccc3N2C(C)=O)cc1. The average Bonchev–Trinajstić information content (AvgIpc) is 2.99. The van der Waals surface area contributed by atoms with Gasteiger partial charge < -0.3 is 9.64 Å². The molecule has 3 aromatic carbocycles. The molecule has 172 valence electrons. The van der Waals surface area contributed by atoms with Crippen molar-refractivity contribution in [3.05, 3.63) is 88.9 Å². The number of Topliss-reactive ketones (excluding diaryl/α,β-unsaturated/α-hetero) is 1. The van der Waals surface area contributed by atoms with Gasteiger partial charge in [0.2, 0.25) is 5.91 Å². The number of hydrogen-bond acceptors (Lipinski definition) is 4. The van der Waals surface area contributed by atoms with Gasteiger partial charge in [0.05, 0.1) is 30.4 Å². The van der Waals surface area contributed by atoms with Crippen LogP contribution in [0.25, 0.3) is 0 Å². The number of fused-ring (bicyclic) bond motifs is 2. The van der Waals surface area contributed by atoms with Crippen LogP contribution in [-0.4, -0.2) is 24.5 Å². The lowest BCUT2D eigenvalue weighted by atomic mass is 9.72. The van der Waals surface area contributed by atoms with Gasteiger partial charge >= 0.3 is 0 Å². The highest BCUT2D eigenvalue weighted by Crippen LogP contribution is 2.47. The number of ketones is 1. The number of amides is 1. The fraction of sp³-hybridized carbons (Fsp3) is 0.250. The van der Waals surface area contributed by atoms with E-state index in [4.69, 9.17) is 21.3 Å². The third-order valence-corrected chi connectivity index (χ3v) is 7.00. The van der Waals surface area contributed by atoms with Crippen molar-refractivity contribution in [2.24, 2.45) is 10.9 Å². The monoisotopic (exact) mass is 472 g/mol. The Morgan fingerprint density at radius 1 is 0.971 bits per heavy atom. The second-order valence-electron chi connectivity index (χ2n) is 8.80. The maximum atomic E-state index is 13.8. The van der Waals surface area contributed by atoms with E-state index >= 15 is 0 Å². The van der Waals surface area contributed by atoms with Crippen molar-refractivity contribution in [3.8, 4) is 5.75 Å². The minimum Gasteiger partial charge on any atom is -0.497 e. The maximum absolute atomic E-state index is 13.8. The summed E-state index contributed by atoms with van der Waals surface area (Å²) in [6.07, 6.45) is 1.03. The third-order valence-electron chi connectivity index (χ3n) is 6.75. The highest BCUT2D eigenvalue weighted by Gasteiger charge is 2.45. The van der Waals surface area contributed by atoms with Crippen LogP contribution in [-0.2, 0) is 9.59 Å². The van der Waals surface area contributed by atoms with Gasteiger partial charge in [-0.05, 0) is 59.9 Å². The Bertz CT molecular complexity index is 1270. The van der Waals surface area contributed by atoms with Crippen molar-refractivity contribution in [2.75, 3.05) is 12.0 Å². The second kappa shape index (κ2) is 9.07. The summed E-state index contributed by atoms with van der Waals surface area (Å²) in [5.41, 5.74) is 4.18. The van der Waals surface area contributed by atoms with E-state index in [9.17, 15) is 9.59 Å². The van der Waals surface area contributed by atoms with E-state index in [0.717, 1.165) is 22.6 Å². The molecule has 0 saturated heterocycles. The molecular formula is C28H25ClN2O3. The number of carbonyl (C=O) groups is 2. The average molecular weight is 473 g/mol. The summed E-state index contributed by atoms with van der Waals surface area (Å²) in [7, 11) is 1.62. The zero-order valence-electron chi connectivity index (χ0n) is 19.1. The highest BCUT2D eigenvalue weighted by molar-refractivity contribution is 6.30. The van der Waals surface area contributed by atoms with Gasteiger partial charge in [-0.3, -0.25) is 14.6 Å². The molecule has 0 spiro atoms. The number of anilines is 1. The Morgan fingerprint density at radius 2 is 1.65 bits per heavy atom. The van der Waals surface area contributed by atoms with Gasteiger partial charge in [0, 0.05) is 24.1 Å². The van der Waals surface area contributed by atoms with Crippen LogP contribution in [0.15, 0.2) is 77.8 Å².